The summed E-state index contributed by atoms with van der Waals surface area (Å²) in [5, 5.41) is 0. The second-order valence-electron chi connectivity index (χ2n) is 14.1. The average molecular weight is 653 g/mol. The van der Waals surface area contributed by atoms with Crippen LogP contribution in [0.4, 0.5) is 0 Å². The number of hydrogen-bond acceptors (Lipinski definition) is 3. The quantitative estimate of drug-likeness (QED) is 0.0455. The molecule has 0 aliphatic rings. The number of nitrogens with zero attached hydrogens (tertiary/aromatic N) is 1. The zero-order valence-electron chi connectivity index (χ0n) is 31.0. The maximum absolute atomic E-state index is 11.9. The molecule has 0 amide bonds. The van der Waals surface area contributed by atoms with Crippen molar-refractivity contribution in [3.05, 3.63) is 30.3 Å². The summed E-state index contributed by atoms with van der Waals surface area (Å²) in [6, 6.07) is 8.33. The summed E-state index contributed by atoms with van der Waals surface area (Å²) in [6.07, 6.45) is 35.4. The predicted molar refractivity (Wildman–Crippen MR) is 198 cm³/mol. The molecular weight excluding hydrogens is 575 g/mol. The van der Waals surface area contributed by atoms with Gasteiger partial charge in [0, 0.05) is 0 Å². The lowest BCUT2D eigenvalue weighted by molar-refractivity contribution is -0.890. The van der Waals surface area contributed by atoms with E-state index in [1.165, 1.54) is 172 Å². The summed E-state index contributed by atoms with van der Waals surface area (Å²) in [6.45, 7) is 9.85. The van der Waals surface area contributed by atoms with Gasteiger partial charge in [0.25, 0.3) is 10.1 Å². The molecule has 1 aromatic rings. The van der Waals surface area contributed by atoms with Crippen molar-refractivity contribution in [3.8, 4) is 0 Å². The maximum Gasteiger partial charge on any atom is 0.296 e. The predicted octanol–water partition coefficient (Wildman–Crippen LogP) is 12.7. The van der Waals surface area contributed by atoms with Crippen LogP contribution in [-0.4, -0.2) is 46.7 Å². The van der Waals surface area contributed by atoms with Gasteiger partial charge in [0.1, 0.15) is 0 Å². The second kappa shape index (κ2) is 31.7. The van der Waals surface area contributed by atoms with Crippen LogP contribution in [-0.2, 0) is 14.3 Å². The molecule has 0 N–H and O–H groups in total. The molecule has 0 aliphatic carbocycles. The van der Waals surface area contributed by atoms with Crippen LogP contribution in [0.25, 0.3) is 0 Å². The van der Waals surface area contributed by atoms with Crippen LogP contribution in [0.2, 0.25) is 0 Å². The molecule has 266 valence electrons. The van der Waals surface area contributed by atoms with Gasteiger partial charge in [-0.1, -0.05) is 180 Å². The molecule has 0 heterocycles. The van der Waals surface area contributed by atoms with Crippen molar-refractivity contribution in [2.24, 2.45) is 0 Å². The van der Waals surface area contributed by atoms with Crippen molar-refractivity contribution in [1.82, 2.24) is 0 Å². The third-order valence-corrected chi connectivity index (χ3v) is 10.3. The van der Waals surface area contributed by atoms with Crippen LogP contribution in [0.5, 0.6) is 0 Å². The Balaban J connectivity index is 0.000000861. The summed E-state index contributed by atoms with van der Waals surface area (Å²) >= 11 is 0. The Morgan fingerprint density at radius 2 is 0.800 bits per heavy atom. The highest BCUT2D eigenvalue weighted by atomic mass is 32.2. The first-order chi connectivity index (χ1) is 21.8. The molecule has 0 radical (unpaired) electrons. The standard InChI is InChI=1S/C22H48N.C18H30O3S/c1-5-7-9-10-11-12-13-14-15-16-17-18-19-20-22-23(3,4)21-8-6-2;1-2-3-4-5-6-7-8-9-10-14-17-21-22(19,20)18-15-12-11-13-16-18/h5-22H2,1-4H3;11-13,15-16H,2-10,14,17H2,1H3/q+1;. The highest BCUT2D eigenvalue weighted by Crippen LogP contribution is 2.15. The second-order valence-corrected chi connectivity index (χ2v) is 15.7. The number of unbranched alkanes of at least 4 members (excludes halogenated alkanes) is 23. The van der Waals surface area contributed by atoms with Gasteiger partial charge < -0.3 is 4.48 Å². The van der Waals surface area contributed by atoms with Crippen LogP contribution >= 0.6 is 0 Å². The SMILES string of the molecule is CCCCCCCCCCCCCCCC[N+](C)(C)CCCC.CCCCCCCCCCCCOS(=O)(=O)c1ccccc1. The van der Waals surface area contributed by atoms with Crippen molar-refractivity contribution >= 4 is 10.1 Å². The molecule has 0 fully saturated rings. The number of hydrogen-bond donors (Lipinski definition) is 0. The summed E-state index contributed by atoms with van der Waals surface area (Å²) in [4.78, 5) is 0.238. The molecule has 0 saturated carbocycles. The Morgan fingerprint density at radius 1 is 0.467 bits per heavy atom. The lowest BCUT2D eigenvalue weighted by atomic mass is 10.0. The van der Waals surface area contributed by atoms with Gasteiger partial charge in [-0.15, -0.1) is 0 Å². The van der Waals surface area contributed by atoms with E-state index in [0.29, 0.717) is 0 Å². The number of benzene rings is 1. The molecule has 0 saturated heterocycles. The molecule has 1 aromatic carbocycles. The molecular formula is C40H78NO3S+. The summed E-state index contributed by atoms with van der Waals surface area (Å²) in [5.74, 6) is 0. The molecule has 5 heteroatoms. The van der Waals surface area contributed by atoms with E-state index in [1.54, 1.807) is 30.3 Å². The summed E-state index contributed by atoms with van der Waals surface area (Å²) < 4.78 is 30.0. The van der Waals surface area contributed by atoms with E-state index in [2.05, 4.69) is 34.9 Å². The van der Waals surface area contributed by atoms with Crippen molar-refractivity contribution in [1.29, 1.82) is 0 Å². The fraction of sp³-hybridized carbons (Fsp3) is 0.850. The topological polar surface area (TPSA) is 43.4 Å². The van der Waals surface area contributed by atoms with Gasteiger partial charge in [0.05, 0.1) is 38.7 Å². The molecule has 0 aliphatic heterocycles. The normalized spacial score (nSPS) is 11.8. The maximum atomic E-state index is 11.9. The van der Waals surface area contributed by atoms with Crippen molar-refractivity contribution in [2.45, 2.75) is 193 Å². The van der Waals surface area contributed by atoms with Gasteiger partial charge in [0.2, 0.25) is 0 Å². The van der Waals surface area contributed by atoms with Crippen LogP contribution < -0.4 is 0 Å². The fourth-order valence-electron chi connectivity index (χ4n) is 5.85. The third-order valence-electron chi connectivity index (χ3n) is 9.00. The first kappa shape index (κ1) is 44.1. The summed E-state index contributed by atoms with van der Waals surface area (Å²) in [5.41, 5.74) is 0. The van der Waals surface area contributed by atoms with E-state index in [0.717, 1.165) is 12.8 Å². The van der Waals surface area contributed by atoms with Crippen LogP contribution in [0, 0.1) is 0 Å². The molecule has 4 nitrogen and oxygen atoms in total. The largest absolute Gasteiger partial charge is 0.328 e. The molecule has 1 rings (SSSR count). The van der Waals surface area contributed by atoms with Crippen LogP contribution in [0.3, 0.4) is 0 Å². The Kier molecular flexibility index (Phi) is 31.0. The highest BCUT2D eigenvalue weighted by Gasteiger charge is 2.14. The van der Waals surface area contributed by atoms with E-state index in [9.17, 15) is 8.42 Å². The van der Waals surface area contributed by atoms with Gasteiger partial charge in [-0.25, -0.2) is 0 Å². The lowest BCUT2D eigenvalue weighted by Crippen LogP contribution is -2.41. The van der Waals surface area contributed by atoms with Crippen molar-refractivity contribution in [2.75, 3.05) is 33.8 Å². The first-order valence-electron chi connectivity index (χ1n) is 19.6. The van der Waals surface area contributed by atoms with Gasteiger partial charge in [-0.3, -0.25) is 4.18 Å². The molecule has 45 heavy (non-hydrogen) atoms. The van der Waals surface area contributed by atoms with Gasteiger partial charge in [0.15, 0.2) is 0 Å². The van der Waals surface area contributed by atoms with E-state index < -0.39 is 10.1 Å². The van der Waals surface area contributed by atoms with Gasteiger partial charge in [-0.05, 0) is 37.8 Å². The summed E-state index contributed by atoms with van der Waals surface area (Å²) in [7, 11) is 1.23. The molecule has 0 spiro atoms. The molecule has 0 aromatic heterocycles. The minimum Gasteiger partial charge on any atom is -0.328 e. The Bertz CT molecular complexity index is 825. The number of rotatable bonds is 31. The van der Waals surface area contributed by atoms with Crippen LogP contribution in [0.15, 0.2) is 35.2 Å². The minimum atomic E-state index is -3.57. The van der Waals surface area contributed by atoms with Crippen molar-refractivity contribution in [3.63, 3.8) is 0 Å². The number of quaternary nitrogens is 1. The van der Waals surface area contributed by atoms with Crippen LogP contribution in [0.1, 0.15) is 188 Å². The average Bonchev–Trinajstić information content (AvgIpc) is 3.03. The van der Waals surface area contributed by atoms with Gasteiger partial charge in [-0.2, -0.15) is 8.42 Å². The van der Waals surface area contributed by atoms with E-state index in [4.69, 9.17) is 4.18 Å². The Hall–Kier alpha value is -0.910. The fourth-order valence-corrected chi connectivity index (χ4v) is 6.81. The first-order valence-corrected chi connectivity index (χ1v) is 21.0. The molecule has 0 unspecified atom stereocenters. The highest BCUT2D eigenvalue weighted by molar-refractivity contribution is 7.86. The van der Waals surface area contributed by atoms with E-state index in [1.807, 2.05) is 0 Å². The minimum absolute atomic E-state index is 0.238. The zero-order valence-corrected chi connectivity index (χ0v) is 31.8. The van der Waals surface area contributed by atoms with Gasteiger partial charge >= 0.3 is 0 Å². The Morgan fingerprint density at radius 3 is 1.20 bits per heavy atom. The van der Waals surface area contributed by atoms with E-state index in [-0.39, 0.29) is 11.5 Å². The van der Waals surface area contributed by atoms with E-state index >= 15 is 0 Å². The molecule has 0 atom stereocenters. The zero-order chi connectivity index (χ0) is 33.3. The Labute approximate surface area is 283 Å². The molecule has 0 bridgehead atoms. The third kappa shape index (κ3) is 30.2. The monoisotopic (exact) mass is 653 g/mol. The lowest BCUT2D eigenvalue weighted by Gasteiger charge is -2.29. The smallest absolute Gasteiger partial charge is 0.296 e. The van der Waals surface area contributed by atoms with Crippen molar-refractivity contribution < 1.29 is 17.1 Å².